The van der Waals surface area contributed by atoms with Gasteiger partial charge in [-0.1, -0.05) is 52.7 Å². The zero-order chi connectivity index (χ0) is 13.3. The minimum Gasteiger partial charge on any atom is -0.291 e. The molecule has 1 rings (SSSR count). The largest absolute Gasteiger partial charge is 0.291 e. The number of sulfone groups is 1. The number of halogens is 1. The first-order chi connectivity index (χ1) is 7.72. The van der Waals surface area contributed by atoms with Gasteiger partial charge < -0.3 is 0 Å². The molecule has 5 heteroatoms. The third-order valence-electron chi connectivity index (χ3n) is 2.70. The van der Waals surface area contributed by atoms with Crippen molar-refractivity contribution in [3.05, 3.63) is 35.4 Å². The first kappa shape index (κ1) is 14.4. The Labute approximate surface area is 110 Å². The molecule has 0 saturated heterocycles. The molecule has 0 amide bonds. The van der Waals surface area contributed by atoms with Crippen LogP contribution in [-0.2, 0) is 9.84 Å². The zero-order valence-corrected chi connectivity index (χ0v) is 12.4. The van der Waals surface area contributed by atoms with Gasteiger partial charge in [-0.3, -0.25) is 4.79 Å². The first-order valence-electron chi connectivity index (χ1n) is 5.22. The maximum atomic E-state index is 12.2. The fourth-order valence-electron chi connectivity index (χ4n) is 1.51. The van der Waals surface area contributed by atoms with E-state index < -0.39 is 19.3 Å². The molecule has 0 bridgehead atoms. The monoisotopic (exact) mass is 318 g/mol. The third-order valence-corrected chi connectivity index (χ3v) is 7.03. The summed E-state index contributed by atoms with van der Waals surface area (Å²) < 4.78 is 21.9. The number of carbonyl (C=O) groups excluding carboxylic acids is 1. The van der Waals surface area contributed by atoms with E-state index in [1.807, 2.05) is 6.92 Å². The van der Waals surface area contributed by atoms with Crippen molar-refractivity contribution in [2.45, 2.75) is 23.9 Å². The molecule has 0 spiro atoms. The highest BCUT2D eigenvalue weighted by atomic mass is 79.9. The van der Waals surface area contributed by atoms with Gasteiger partial charge in [0.15, 0.2) is 19.3 Å². The number of ketones is 1. The Morgan fingerprint density at radius 2 is 1.76 bits per heavy atom. The fourth-order valence-corrected chi connectivity index (χ4v) is 2.72. The molecule has 3 nitrogen and oxygen atoms in total. The average Bonchev–Trinajstić information content (AvgIpc) is 2.26. The van der Waals surface area contributed by atoms with Crippen molar-refractivity contribution in [3.8, 4) is 0 Å². The Bertz CT molecular complexity index is 519. The maximum Gasteiger partial charge on any atom is 0.194 e. The molecule has 0 heterocycles. The lowest BCUT2D eigenvalue weighted by Gasteiger charge is -2.22. The van der Waals surface area contributed by atoms with Crippen molar-refractivity contribution >= 4 is 31.6 Å². The molecule has 0 N–H and O–H groups in total. The summed E-state index contributed by atoms with van der Waals surface area (Å²) in [5, 5.41) is 0. The Balaban J connectivity index is 3.24. The summed E-state index contributed by atoms with van der Waals surface area (Å²) >= 11 is 3.09. The zero-order valence-electron chi connectivity index (χ0n) is 10.0. The number of alkyl halides is 1. The van der Waals surface area contributed by atoms with Crippen LogP contribution in [0, 0.1) is 6.92 Å². The van der Waals surface area contributed by atoms with E-state index in [1.165, 1.54) is 0 Å². The average molecular weight is 319 g/mol. The number of aryl methyl sites for hydroxylation is 1. The smallest absolute Gasteiger partial charge is 0.194 e. The van der Waals surface area contributed by atoms with Gasteiger partial charge in [-0.15, -0.1) is 0 Å². The van der Waals surface area contributed by atoms with Gasteiger partial charge in [0.2, 0.25) is 0 Å². The van der Waals surface area contributed by atoms with E-state index in [-0.39, 0.29) is 6.42 Å². The molecule has 17 heavy (non-hydrogen) atoms. The molecule has 0 fully saturated rings. The second kappa shape index (κ2) is 4.90. The molecular weight excluding hydrogens is 304 g/mol. The van der Waals surface area contributed by atoms with Crippen LogP contribution in [0.15, 0.2) is 24.3 Å². The van der Waals surface area contributed by atoms with E-state index in [0.717, 1.165) is 11.8 Å². The lowest BCUT2D eigenvalue weighted by atomic mass is 10.1. The highest BCUT2D eigenvalue weighted by molar-refractivity contribution is 9.12. The highest BCUT2D eigenvalue weighted by Crippen LogP contribution is 2.32. The van der Waals surface area contributed by atoms with Gasteiger partial charge in [-0.2, -0.15) is 0 Å². The van der Waals surface area contributed by atoms with Crippen LogP contribution in [0.25, 0.3) is 0 Å². The standard InChI is InChI=1S/C12H15BrO3S/c1-4-12(13,17(3,15)16)11(14)10-7-5-9(2)6-8-10/h5-8H,4H2,1-3H3/t12-/m1/s1. The van der Waals surface area contributed by atoms with E-state index >= 15 is 0 Å². The van der Waals surface area contributed by atoms with E-state index in [2.05, 4.69) is 15.9 Å². The third kappa shape index (κ3) is 2.77. The van der Waals surface area contributed by atoms with Crippen molar-refractivity contribution in [1.82, 2.24) is 0 Å². The molecule has 0 radical (unpaired) electrons. The summed E-state index contributed by atoms with van der Waals surface area (Å²) in [6.45, 7) is 3.58. The number of hydrogen-bond acceptors (Lipinski definition) is 3. The Morgan fingerprint density at radius 3 is 2.12 bits per heavy atom. The molecule has 0 aliphatic carbocycles. The summed E-state index contributed by atoms with van der Waals surface area (Å²) in [6, 6.07) is 6.88. The summed E-state index contributed by atoms with van der Waals surface area (Å²) in [6.07, 6.45) is 1.26. The lowest BCUT2D eigenvalue weighted by Crippen LogP contribution is -2.39. The minimum absolute atomic E-state index is 0.193. The number of Topliss-reactive ketones (excluding diaryl/α,β-unsaturated/α-hetero) is 1. The summed E-state index contributed by atoms with van der Waals surface area (Å²) in [7, 11) is -3.50. The molecule has 0 aliphatic heterocycles. The summed E-state index contributed by atoms with van der Waals surface area (Å²) in [5.41, 5.74) is 1.43. The molecule has 0 aliphatic rings. The Morgan fingerprint density at radius 1 is 1.29 bits per heavy atom. The van der Waals surface area contributed by atoms with Gasteiger partial charge in [-0.05, 0) is 13.3 Å². The predicted octanol–water partition coefficient (Wildman–Crippen LogP) is 2.72. The molecule has 0 saturated carbocycles. The van der Waals surface area contributed by atoms with Crippen LogP contribution >= 0.6 is 15.9 Å². The topological polar surface area (TPSA) is 51.2 Å². The quantitative estimate of drug-likeness (QED) is 0.633. The Hall–Kier alpha value is -0.680. The van der Waals surface area contributed by atoms with E-state index in [4.69, 9.17) is 0 Å². The molecular formula is C12H15BrO3S. The summed E-state index contributed by atoms with van der Waals surface area (Å²) in [4.78, 5) is 12.2. The predicted molar refractivity (Wildman–Crippen MR) is 72.3 cm³/mol. The van der Waals surface area contributed by atoms with Crippen molar-refractivity contribution in [3.63, 3.8) is 0 Å². The number of hydrogen-bond donors (Lipinski definition) is 0. The highest BCUT2D eigenvalue weighted by Gasteiger charge is 2.44. The molecule has 1 atom stereocenters. The first-order valence-corrected chi connectivity index (χ1v) is 7.91. The minimum atomic E-state index is -3.50. The van der Waals surface area contributed by atoms with Crippen LogP contribution in [0.1, 0.15) is 29.3 Å². The van der Waals surface area contributed by atoms with E-state index in [1.54, 1.807) is 31.2 Å². The van der Waals surface area contributed by atoms with Gasteiger partial charge in [0.1, 0.15) is 0 Å². The molecule has 1 aromatic carbocycles. The van der Waals surface area contributed by atoms with Crippen molar-refractivity contribution in [2.24, 2.45) is 0 Å². The van der Waals surface area contributed by atoms with Crippen LogP contribution < -0.4 is 0 Å². The van der Waals surface area contributed by atoms with Crippen LogP contribution in [-0.4, -0.2) is 24.1 Å². The second-order valence-electron chi connectivity index (χ2n) is 4.05. The van der Waals surface area contributed by atoms with E-state index in [0.29, 0.717) is 5.56 Å². The van der Waals surface area contributed by atoms with Crippen LogP contribution in [0.3, 0.4) is 0 Å². The Kier molecular flexibility index (Phi) is 4.15. The molecule has 94 valence electrons. The van der Waals surface area contributed by atoms with Gasteiger partial charge in [-0.25, -0.2) is 8.42 Å². The lowest BCUT2D eigenvalue weighted by molar-refractivity contribution is 0.0976. The second-order valence-corrected chi connectivity index (χ2v) is 8.17. The van der Waals surface area contributed by atoms with Gasteiger partial charge in [0.25, 0.3) is 0 Å². The number of rotatable bonds is 4. The molecule has 0 aromatic heterocycles. The van der Waals surface area contributed by atoms with Crippen molar-refractivity contribution < 1.29 is 13.2 Å². The van der Waals surface area contributed by atoms with Gasteiger partial charge in [0, 0.05) is 11.8 Å². The van der Waals surface area contributed by atoms with Crippen LogP contribution in [0.5, 0.6) is 0 Å². The van der Waals surface area contributed by atoms with Crippen molar-refractivity contribution in [1.29, 1.82) is 0 Å². The number of benzene rings is 1. The fraction of sp³-hybridized carbons (Fsp3) is 0.417. The molecule has 1 aromatic rings. The van der Waals surface area contributed by atoms with Crippen molar-refractivity contribution in [2.75, 3.05) is 6.26 Å². The number of carbonyl (C=O) groups is 1. The van der Waals surface area contributed by atoms with Gasteiger partial charge >= 0.3 is 0 Å². The van der Waals surface area contributed by atoms with Gasteiger partial charge in [0.05, 0.1) is 0 Å². The normalized spacial score (nSPS) is 15.3. The maximum absolute atomic E-state index is 12.2. The summed E-state index contributed by atoms with van der Waals surface area (Å²) in [5.74, 6) is -0.414. The van der Waals surface area contributed by atoms with Crippen LogP contribution in [0.2, 0.25) is 0 Å². The SMILES string of the molecule is CC[C@](Br)(C(=O)c1ccc(C)cc1)S(C)(=O)=O. The molecule has 0 unspecified atom stereocenters. The van der Waals surface area contributed by atoms with E-state index in [9.17, 15) is 13.2 Å². The van der Waals surface area contributed by atoms with Crippen LogP contribution in [0.4, 0.5) is 0 Å².